The smallest absolute Gasteiger partial charge is 0.326 e. The number of hydrogen-bond donors (Lipinski definition) is 2. The van der Waals surface area contributed by atoms with E-state index in [9.17, 15) is 19.1 Å². The fourth-order valence-corrected chi connectivity index (χ4v) is 2.30. The Morgan fingerprint density at radius 2 is 2.05 bits per heavy atom. The number of carboxylic acids is 1. The number of phenolic OH excluding ortho intramolecular Hbond substituents is 1. The van der Waals surface area contributed by atoms with Crippen molar-refractivity contribution in [3.8, 4) is 5.75 Å². The number of piperidine rings is 1. The molecule has 0 saturated carbocycles. The third-order valence-electron chi connectivity index (χ3n) is 3.25. The van der Waals surface area contributed by atoms with E-state index >= 15 is 0 Å². The number of aliphatic carboxylic acids is 1. The Labute approximate surface area is 109 Å². The van der Waals surface area contributed by atoms with Crippen LogP contribution in [0.1, 0.15) is 29.6 Å². The number of rotatable bonds is 2. The number of aromatic hydroxyl groups is 1. The van der Waals surface area contributed by atoms with Crippen LogP contribution < -0.4 is 0 Å². The van der Waals surface area contributed by atoms with Crippen LogP contribution in [0.4, 0.5) is 4.39 Å². The number of benzene rings is 1. The molecule has 6 heteroatoms. The van der Waals surface area contributed by atoms with Crippen LogP contribution in [-0.4, -0.2) is 39.6 Å². The number of phenols is 1. The number of hydrogen-bond acceptors (Lipinski definition) is 3. The van der Waals surface area contributed by atoms with Gasteiger partial charge in [0, 0.05) is 6.54 Å². The second-order valence-electron chi connectivity index (χ2n) is 4.48. The first-order chi connectivity index (χ1) is 9.02. The third kappa shape index (κ3) is 2.52. The summed E-state index contributed by atoms with van der Waals surface area (Å²) in [6.45, 7) is 0.254. The first-order valence-corrected chi connectivity index (χ1v) is 6.03. The Hall–Kier alpha value is -2.11. The highest BCUT2D eigenvalue weighted by Crippen LogP contribution is 2.26. The minimum Gasteiger partial charge on any atom is -0.507 e. The van der Waals surface area contributed by atoms with Gasteiger partial charge in [0.05, 0.1) is 0 Å². The fraction of sp³-hybridized carbons (Fsp3) is 0.385. The van der Waals surface area contributed by atoms with E-state index in [1.54, 1.807) is 0 Å². The van der Waals surface area contributed by atoms with Crippen LogP contribution in [0, 0.1) is 5.82 Å². The van der Waals surface area contributed by atoms with E-state index < -0.39 is 35.0 Å². The lowest BCUT2D eigenvalue weighted by molar-refractivity contribution is -0.143. The Balaban J connectivity index is 2.34. The number of amides is 1. The van der Waals surface area contributed by atoms with Gasteiger partial charge >= 0.3 is 5.97 Å². The van der Waals surface area contributed by atoms with E-state index in [-0.39, 0.29) is 6.54 Å². The summed E-state index contributed by atoms with van der Waals surface area (Å²) in [6.07, 6.45) is 1.73. The van der Waals surface area contributed by atoms with E-state index in [1.165, 1.54) is 12.1 Å². The molecule has 0 aliphatic carbocycles. The second-order valence-corrected chi connectivity index (χ2v) is 4.48. The highest BCUT2D eigenvalue weighted by Gasteiger charge is 2.34. The molecular weight excluding hydrogens is 253 g/mol. The molecule has 2 rings (SSSR count). The van der Waals surface area contributed by atoms with Crippen molar-refractivity contribution in [2.75, 3.05) is 6.54 Å². The molecule has 1 aromatic carbocycles. The van der Waals surface area contributed by atoms with Crippen molar-refractivity contribution in [3.63, 3.8) is 0 Å². The highest BCUT2D eigenvalue weighted by molar-refractivity contribution is 5.99. The van der Waals surface area contributed by atoms with Gasteiger partial charge in [-0.25, -0.2) is 9.18 Å². The Kier molecular flexibility index (Phi) is 3.69. The first-order valence-electron chi connectivity index (χ1n) is 6.03. The lowest BCUT2D eigenvalue weighted by Crippen LogP contribution is -2.48. The molecule has 1 fully saturated rings. The molecular formula is C13H14FNO4. The largest absolute Gasteiger partial charge is 0.507 e. The van der Waals surface area contributed by atoms with E-state index in [1.807, 2.05) is 0 Å². The molecule has 0 bridgehead atoms. The number of likely N-dealkylation sites (tertiary alicyclic amines) is 1. The second kappa shape index (κ2) is 5.26. The van der Waals surface area contributed by atoms with Crippen molar-refractivity contribution in [3.05, 3.63) is 29.6 Å². The lowest BCUT2D eigenvalue weighted by atomic mass is 10.0. The summed E-state index contributed by atoms with van der Waals surface area (Å²) >= 11 is 0. The normalized spacial score (nSPS) is 19.2. The van der Waals surface area contributed by atoms with E-state index in [2.05, 4.69) is 0 Å². The standard InChI is InChI=1S/C13H14FNO4/c14-8-4-3-6-10(16)11(8)12(17)15-7-2-1-5-9(15)13(18)19/h3-4,6,9,16H,1-2,5,7H2,(H,18,19). The maximum atomic E-state index is 13.6. The average molecular weight is 267 g/mol. The zero-order valence-electron chi connectivity index (χ0n) is 10.2. The van der Waals surface area contributed by atoms with Crippen LogP contribution in [-0.2, 0) is 4.79 Å². The predicted molar refractivity (Wildman–Crippen MR) is 64.4 cm³/mol. The van der Waals surface area contributed by atoms with Crippen LogP contribution >= 0.6 is 0 Å². The van der Waals surface area contributed by atoms with Crippen LogP contribution in [0.25, 0.3) is 0 Å². The molecule has 102 valence electrons. The first kappa shape index (κ1) is 13.3. The Morgan fingerprint density at radius 3 is 2.68 bits per heavy atom. The molecule has 1 heterocycles. The molecule has 1 saturated heterocycles. The molecule has 0 radical (unpaired) electrons. The van der Waals surface area contributed by atoms with Crippen molar-refractivity contribution in [1.82, 2.24) is 4.90 Å². The summed E-state index contributed by atoms with van der Waals surface area (Å²) in [5.41, 5.74) is -0.462. The van der Waals surface area contributed by atoms with Gasteiger partial charge in [0.25, 0.3) is 5.91 Å². The highest BCUT2D eigenvalue weighted by atomic mass is 19.1. The minimum absolute atomic E-state index is 0.254. The summed E-state index contributed by atoms with van der Waals surface area (Å²) in [7, 11) is 0. The SMILES string of the molecule is O=C(O)C1CCCCN1C(=O)c1c(O)cccc1F. The average Bonchev–Trinajstić information content (AvgIpc) is 2.38. The maximum Gasteiger partial charge on any atom is 0.326 e. The number of nitrogens with zero attached hydrogens (tertiary/aromatic N) is 1. The van der Waals surface area contributed by atoms with Gasteiger partial charge in [-0.3, -0.25) is 4.79 Å². The van der Waals surface area contributed by atoms with E-state index in [0.717, 1.165) is 11.0 Å². The van der Waals surface area contributed by atoms with Crippen LogP contribution in [0.5, 0.6) is 5.75 Å². The predicted octanol–water partition coefficient (Wildman–Crippen LogP) is 1.61. The molecule has 19 heavy (non-hydrogen) atoms. The Bertz CT molecular complexity index is 497. The van der Waals surface area contributed by atoms with Crippen LogP contribution in [0.15, 0.2) is 18.2 Å². The van der Waals surface area contributed by atoms with E-state index in [0.29, 0.717) is 19.3 Å². The molecule has 1 amide bonds. The van der Waals surface area contributed by atoms with Crippen LogP contribution in [0.2, 0.25) is 0 Å². The molecule has 1 atom stereocenters. The topological polar surface area (TPSA) is 77.8 Å². The van der Waals surface area contributed by atoms with Gasteiger partial charge in [-0.15, -0.1) is 0 Å². The van der Waals surface area contributed by atoms with Gasteiger partial charge in [0.1, 0.15) is 23.2 Å². The summed E-state index contributed by atoms with van der Waals surface area (Å²) in [4.78, 5) is 24.5. The third-order valence-corrected chi connectivity index (χ3v) is 3.25. The number of carbonyl (C=O) groups is 2. The summed E-state index contributed by atoms with van der Waals surface area (Å²) in [5, 5.41) is 18.7. The minimum atomic E-state index is -1.11. The van der Waals surface area contributed by atoms with Gasteiger partial charge in [0.15, 0.2) is 0 Å². The molecule has 1 unspecified atom stereocenters. The molecule has 2 N–H and O–H groups in total. The van der Waals surface area contributed by atoms with Crippen molar-refractivity contribution in [2.24, 2.45) is 0 Å². The maximum absolute atomic E-state index is 13.6. The van der Waals surface area contributed by atoms with Gasteiger partial charge < -0.3 is 15.1 Å². The van der Waals surface area contributed by atoms with E-state index in [4.69, 9.17) is 5.11 Å². The van der Waals surface area contributed by atoms with Gasteiger partial charge in [-0.2, -0.15) is 0 Å². The Morgan fingerprint density at radius 1 is 1.32 bits per heavy atom. The number of carbonyl (C=O) groups excluding carboxylic acids is 1. The summed E-state index contributed by atoms with van der Waals surface area (Å²) < 4.78 is 13.6. The van der Waals surface area contributed by atoms with Gasteiger partial charge in [-0.05, 0) is 31.4 Å². The lowest BCUT2D eigenvalue weighted by Gasteiger charge is -2.33. The molecule has 1 aliphatic heterocycles. The van der Waals surface area contributed by atoms with Crippen molar-refractivity contribution in [2.45, 2.75) is 25.3 Å². The van der Waals surface area contributed by atoms with Crippen molar-refractivity contribution >= 4 is 11.9 Å². The molecule has 1 aliphatic rings. The summed E-state index contributed by atoms with van der Waals surface area (Å²) in [5.74, 6) is -3.20. The molecule has 5 nitrogen and oxygen atoms in total. The zero-order valence-corrected chi connectivity index (χ0v) is 10.2. The van der Waals surface area contributed by atoms with Gasteiger partial charge in [-0.1, -0.05) is 6.07 Å². The fourth-order valence-electron chi connectivity index (χ4n) is 2.30. The molecule has 0 spiro atoms. The number of carboxylic acid groups (broad SMARTS) is 1. The monoisotopic (exact) mass is 267 g/mol. The molecule has 1 aromatic rings. The molecule has 0 aromatic heterocycles. The van der Waals surface area contributed by atoms with Crippen molar-refractivity contribution < 1.29 is 24.2 Å². The van der Waals surface area contributed by atoms with Crippen LogP contribution in [0.3, 0.4) is 0 Å². The zero-order chi connectivity index (χ0) is 14.0. The number of halogens is 1. The van der Waals surface area contributed by atoms with Crippen molar-refractivity contribution in [1.29, 1.82) is 0 Å². The van der Waals surface area contributed by atoms with Gasteiger partial charge in [0.2, 0.25) is 0 Å². The quantitative estimate of drug-likeness (QED) is 0.853. The summed E-state index contributed by atoms with van der Waals surface area (Å²) in [6, 6.07) is 2.59.